The smallest absolute Gasteiger partial charge is 0.251 e. The lowest BCUT2D eigenvalue weighted by molar-refractivity contribution is -0.140. The highest BCUT2D eigenvalue weighted by Gasteiger charge is 2.29. The van der Waals surface area contributed by atoms with Crippen molar-refractivity contribution in [3.63, 3.8) is 0 Å². The predicted octanol–water partition coefficient (Wildman–Crippen LogP) is 1.06. The highest BCUT2D eigenvalue weighted by atomic mass is 16.5. The SMILES string of the molecule is CC(C)Oc1cc(N2CCCN(C(=O)C3CCCO3)CC2)nc(N)n1. The van der Waals surface area contributed by atoms with E-state index in [-0.39, 0.29) is 24.1 Å². The van der Waals surface area contributed by atoms with Crippen molar-refractivity contribution in [2.75, 3.05) is 43.4 Å². The van der Waals surface area contributed by atoms with E-state index in [0.29, 0.717) is 25.6 Å². The lowest BCUT2D eigenvalue weighted by Crippen LogP contribution is -2.41. The van der Waals surface area contributed by atoms with E-state index >= 15 is 0 Å². The molecule has 1 aromatic heterocycles. The van der Waals surface area contributed by atoms with Crippen LogP contribution in [0.15, 0.2) is 6.07 Å². The number of rotatable bonds is 4. The summed E-state index contributed by atoms with van der Waals surface area (Å²) < 4.78 is 11.2. The Hall–Kier alpha value is -2.09. The molecular weight excluding hydrogens is 322 g/mol. The van der Waals surface area contributed by atoms with E-state index in [1.807, 2.05) is 24.8 Å². The van der Waals surface area contributed by atoms with Gasteiger partial charge in [0, 0.05) is 38.9 Å². The van der Waals surface area contributed by atoms with Gasteiger partial charge in [-0.1, -0.05) is 0 Å². The molecule has 138 valence electrons. The molecule has 2 fully saturated rings. The minimum absolute atomic E-state index is 0.0193. The molecular formula is C17H27N5O3. The number of nitrogens with two attached hydrogens (primary N) is 1. The summed E-state index contributed by atoms with van der Waals surface area (Å²) in [6, 6.07) is 1.81. The normalized spacial score (nSPS) is 21.5. The Morgan fingerprint density at radius 2 is 2.12 bits per heavy atom. The van der Waals surface area contributed by atoms with Crippen molar-refractivity contribution >= 4 is 17.7 Å². The molecule has 25 heavy (non-hydrogen) atoms. The Labute approximate surface area is 148 Å². The van der Waals surface area contributed by atoms with Crippen LogP contribution in [0.2, 0.25) is 0 Å². The van der Waals surface area contributed by atoms with Crippen molar-refractivity contribution in [3.05, 3.63) is 6.07 Å². The molecule has 8 nitrogen and oxygen atoms in total. The van der Waals surface area contributed by atoms with Gasteiger partial charge in [0.25, 0.3) is 5.91 Å². The number of anilines is 2. The number of amides is 1. The van der Waals surface area contributed by atoms with Crippen LogP contribution in [-0.2, 0) is 9.53 Å². The van der Waals surface area contributed by atoms with Crippen LogP contribution in [-0.4, -0.2) is 65.8 Å². The van der Waals surface area contributed by atoms with Gasteiger partial charge in [0.15, 0.2) is 0 Å². The van der Waals surface area contributed by atoms with Crippen molar-refractivity contribution in [2.45, 2.75) is 45.3 Å². The standard InChI is InChI=1S/C17H27N5O3/c1-12(2)25-15-11-14(19-17(18)20-15)21-6-4-7-22(9-8-21)16(23)13-5-3-10-24-13/h11-13H,3-10H2,1-2H3,(H2,18,19,20). The summed E-state index contributed by atoms with van der Waals surface area (Å²) in [5.41, 5.74) is 5.83. The van der Waals surface area contributed by atoms with Gasteiger partial charge in [-0.2, -0.15) is 9.97 Å². The Morgan fingerprint density at radius 1 is 1.28 bits per heavy atom. The predicted molar refractivity (Wildman–Crippen MR) is 94.6 cm³/mol. The van der Waals surface area contributed by atoms with E-state index in [4.69, 9.17) is 15.2 Å². The molecule has 0 spiro atoms. The number of hydrogen-bond acceptors (Lipinski definition) is 7. The van der Waals surface area contributed by atoms with Gasteiger partial charge in [0.2, 0.25) is 11.8 Å². The maximum absolute atomic E-state index is 12.5. The number of carbonyl (C=O) groups is 1. The number of hydrogen-bond donors (Lipinski definition) is 1. The van der Waals surface area contributed by atoms with Crippen molar-refractivity contribution in [3.8, 4) is 5.88 Å². The molecule has 2 saturated heterocycles. The Balaban J connectivity index is 1.66. The minimum atomic E-state index is -0.257. The van der Waals surface area contributed by atoms with E-state index < -0.39 is 0 Å². The maximum atomic E-state index is 12.5. The topological polar surface area (TPSA) is 93.8 Å². The largest absolute Gasteiger partial charge is 0.475 e. The van der Waals surface area contributed by atoms with Crippen molar-refractivity contribution in [1.29, 1.82) is 0 Å². The number of carbonyl (C=O) groups excluding carboxylic acids is 1. The molecule has 2 aliphatic heterocycles. The van der Waals surface area contributed by atoms with Crippen LogP contribution >= 0.6 is 0 Å². The second-order valence-corrected chi connectivity index (χ2v) is 6.76. The first kappa shape index (κ1) is 17.7. The molecule has 3 heterocycles. The number of nitrogen functional groups attached to an aromatic ring is 1. The van der Waals surface area contributed by atoms with E-state index in [9.17, 15) is 4.79 Å². The highest BCUT2D eigenvalue weighted by molar-refractivity contribution is 5.81. The number of aromatic nitrogens is 2. The summed E-state index contributed by atoms with van der Waals surface area (Å²) in [6.07, 6.45) is 2.44. The quantitative estimate of drug-likeness (QED) is 0.869. The van der Waals surface area contributed by atoms with Crippen LogP contribution in [0, 0.1) is 0 Å². The van der Waals surface area contributed by atoms with Crippen molar-refractivity contribution in [1.82, 2.24) is 14.9 Å². The third-order valence-corrected chi connectivity index (χ3v) is 4.40. The minimum Gasteiger partial charge on any atom is -0.475 e. The van der Waals surface area contributed by atoms with Gasteiger partial charge in [-0.15, -0.1) is 0 Å². The molecule has 8 heteroatoms. The summed E-state index contributed by atoms with van der Waals surface area (Å²) in [5, 5.41) is 0. The summed E-state index contributed by atoms with van der Waals surface area (Å²) in [5.74, 6) is 1.54. The second kappa shape index (κ2) is 7.86. The fraction of sp³-hybridized carbons (Fsp3) is 0.706. The third-order valence-electron chi connectivity index (χ3n) is 4.40. The Bertz CT molecular complexity index is 604. The number of ether oxygens (including phenoxy) is 2. The molecule has 0 bridgehead atoms. The Morgan fingerprint density at radius 3 is 2.84 bits per heavy atom. The van der Waals surface area contributed by atoms with Crippen LogP contribution in [0.5, 0.6) is 5.88 Å². The molecule has 0 radical (unpaired) electrons. The summed E-state index contributed by atoms with van der Waals surface area (Å²) in [4.78, 5) is 25.0. The van der Waals surface area contributed by atoms with E-state index in [1.54, 1.807) is 0 Å². The first-order chi connectivity index (χ1) is 12.0. The molecule has 1 amide bonds. The van der Waals surface area contributed by atoms with Crippen LogP contribution < -0.4 is 15.4 Å². The monoisotopic (exact) mass is 349 g/mol. The molecule has 1 aromatic rings. The second-order valence-electron chi connectivity index (χ2n) is 6.76. The fourth-order valence-corrected chi connectivity index (χ4v) is 3.24. The van der Waals surface area contributed by atoms with Gasteiger partial charge in [-0.25, -0.2) is 0 Å². The van der Waals surface area contributed by atoms with Gasteiger partial charge < -0.3 is 25.0 Å². The molecule has 1 unspecified atom stereocenters. The lowest BCUT2D eigenvalue weighted by atomic mass is 10.2. The first-order valence-electron chi connectivity index (χ1n) is 8.99. The fourth-order valence-electron chi connectivity index (χ4n) is 3.24. The number of nitrogens with zero attached hydrogens (tertiary/aromatic N) is 4. The van der Waals surface area contributed by atoms with E-state index in [0.717, 1.165) is 38.2 Å². The van der Waals surface area contributed by atoms with Gasteiger partial charge >= 0.3 is 0 Å². The molecule has 0 aromatic carbocycles. The van der Waals surface area contributed by atoms with Gasteiger partial charge in [-0.3, -0.25) is 4.79 Å². The zero-order valence-corrected chi connectivity index (χ0v) is 15.0. The average Bonchev–Trinajstić information content (AvgIpc) is 2.97. The molecule has 1 atom stereocenters. The average molecular weight is 349 g/mol. The van der Waals surface area contributed by atoms with Gasteiger partial charge in [-0.05, 0) is 33.1 Å². The van der Waals surface area contributed by atoms with Crippen molar-refractivity contribution in [2.24, 2.45) is 0 Å². The molecule has 2 N–H and O–H groups in total. The van der Waals surface area contributed by atoms with E-state index in [2.05, 4.69) is 14.9 Å². The molecule has 0 aliphatic carbocycles. The van der Waals surface area contributed by atoms with Gasteiger partial charge in [0.1, 0.15) is 11.9 Å². The maximum Gasteiger partial charge on any atom is 0.251 e. The molecule has 2 aliphatic rings. The summed E-state index contributed by atoms with van der Waals surface area (Å²) >= 11 is 0. The lowest BCUT2D eigenvalue weighted by Gasteiger charge is -2.25. The van der Waals surface area contributed by atoms with Crippen LogP contribution in [0.4, 0.5) is 11.8 Å². The summed E-state index contributed by atoms with van der Waals surface area (Å²) in [7, 11) is 0. The summed E-state index contributed by atoms with van der Waals surface area (Å²) in [6.45, 7) is 7.49. The van der Waals surface area contributed by atoms with Crippen LogP contribution in [0.1, 0.15) is 33.1 Å². The molecule has 3 rings (SSSR count). The zero-order chi connectivity index (χ0) is 17.8. The van der Waals surface area contributed by atoms with Crippen molar-refractivity contribution < 1.29 is 14.3 Å². The molecule has 0 saturated carbocycles. The Kier molecular flexibility index (Phi) is 5.57. The first-order valence-corrected chi connectivity index (χ1v) is 8.99. The van der Waals surface area contributed by atoms with Crippen LogP contribution in [0.3, 0.4) is 0 Å². The highest BCUT2D eigenvalue weighted by Crippen LogP contribution is 2.22. The van der Waals surface area contributed by atoms with Gasteiger partial charge in [0.05, 0.1) is 6.10 Å². The van der Waals surface area contributed by atoms with E-state index in [1.165, 1.54) is 0 Å². The zero-order valence-electron chi connectivity index (χ0n) is 15.0. The third kappa shape index (κ3) is 4.50. The van der Waals surface area contributed by atoms with Crippen LogP contribution in [0.25, 0.3) is 0 Å².